The number of nitrogens with one attached hydrogen (secondary N) is 3. The molecule has 3 N–H and O–H groups in total. The molecule has 5 nitrogen and oxygen atoms in total. The third kappa shape index (κ3) is 5.59. The minimum atomic E-state index is -0.716. The van der Waals surface area contributed by atoms with Crippen molar-refractivity contribution >= 4 is 23.4 Å². The van der Waals surface area contributed by atoms with Crippen molar-refractivity contribution in [1.29, 1.82) is 0 Å². The van der Waals surface area contributed by atoms with Crippen LogP contribution in [0.1, 0.15) is 30.1 Å². The summed E-state index contributed by atoms with van der Waals surface area (Å²) in [5.41, 5.74) is 1.77. The quantitative estimate of drug-likeness (QED) is 0.711. The molecular weight excluding hydrogens is 338 g/mol. The number of hydrogen-bond acceptors (Lipinski definition) is 3. The molecule has 0 aliphatic rings. The van der Waals surface area contributed by atoms with Crippen LogP contribution in [0.4, 0.5) is 0 Å². The van der Waals surface area contributed by atoms with E-state index < -0.39 is 6.04 Å². The summed E-state index contributed by atoms with van der Waals surface area (Å²) in [7, 11) is 1.55. The average molecular weight is 360 g/mol. The number of hydrogen-bond donors (Lipinski definition) is 3. The van der Waals surface area contributed by atoms with Crippen LogP contribution in [0.2, 0.25) is 5.02 Å². The van der Waals surface area contributed by atoms with Crippen molar-refractivity contribution in [2.45, 2.75) is 19.0 Å². The highest BCUT2D eigenvalue weighted by Crippen LogP contribution is 2.16. The molecule has 0 aliphatic heterocycles. The van der Waals surface area contributed by atoms with Crippen LogP contribution >= 0.6 is 11.6 Å². The zero-order chi connectivity index (χ0) is 18.2. The highest BCUT2D eigenvalue weighted by Gasteiger charge is 2.21. The van der Waals surface area contributed by atoms with E-state index in [1.807, 2.05) is 61.5 Å². The van der Waals surface area contributed by atoms with Gasteiger partial charge < -0.3 is 16.0 Å². The van der Waals surface area contributed by atoms with Crippen LogP contribution in [0.3, 0.4) is 0 Å². The van der Waals surface area contributed by atoms with Crippen LogP contribution in [-0.4, -0.2) is 25.4 Å². The highest BCUT2D eigenvalue weighted by atomic mass is 35.5. The maximum Gasteiger partial charge on any atom is 0.246 e. The molecule has 132 valence electrons. The lowest BCUT2D eigenvalue weighted by Crippen LogP contribution is -2.42. The first-order valence-electron chi connectivity index (χ1n) is 8.06. The van der Waals surface area contributed by atoms with E-state index in [1.54, 1.807) is 7.05 Å². The van der Waals surface area contributed by atoms with E-state index in [4.69, 9.17) is 11.6 Å². The molecule has 2 amide bonds. The van der Waals surface area contributed by atoms with Gasteiger partial charge in [0.05, 0.1) is 6.54 Å². The molecular formula is C19H22ClN3O2. The Morgan fingerprint density at radius 1 is 1.00 bits per heavy atom. The van der Waals surface area contributed by atoms with Gasteiger partial charge in [-0.05, 0) is 30.2 Å². The summed E-state index contributed by atoms with van der Waals surface area (Å²) in [6.07, 6.45) is 0. The first-order valence-corrected chi connectivity index (χ1v) is 8.44. The van der Waals surface area contributed by atoms with Gasteiger partial charge in [-0.1, -0.05) is 54.1 Å². The number of halogens is 1. The summed E-state index contributed by atoms with van der Waals surface area (Å²) in [4.78, 5) is 24.3. The molecule has 0 saturated carbocycles. The number of amides is 2. The molecule has 0 spiro atoms. The molecule has 0 heterocycles. The Bertz CT molecular complexity index is 704. The summed E-state index contributed by atoms with van der Waals surface area (Å²) in [5, 5.41) is 9.16. The Hall–Kier alpha value is -2.37. The molecule has 0 aliphatic carbocycles. The second kappa shape index (κ2) is 9.20. The summed E-state index contributed by atoms with van der Waals surface area (Å²) in [5.74, 6) is -0.511. The number of rotatable bonds is 7. The van der Waals surface area contributed by atoms with E-state index >= 15 is 0 Å². The van der Waals surface area contributed by atoms with E-state index in [0.29, 0.717) is 5.02 Å². The van der Waals surface area contributed by atoms with Gasteiger partial charge in [0.2, 0.25) is 11.8 Å². The standard InChI is InChI=1S/C19H22ClN3O2/c1-13(14-8-10-16(20)11-9-14)22-12-17(24)23-18(19(25)21-2)15-6-4-3-5-7-15/h3-11,13,18,22H,12H2,1-2H3,(H,21,25)(H,23,24)/t13-,18+/m1/s1. The maximum absolute atomic E-state index is 12.3. The minimum Gasteiger partial charge on any atom is -0.357 e. The normalized spacial score (nSPS) is 12.9. The van der Waals surface area contributed by atoms with Crippen molar-refractivity contribution in [3.05, 3.63) is 70.7 Å². The second-order valence-electron chi connectivity index (χ2n) is 5.68. The van der Waals surface area contributed by atoms with E-state index in [9.17, 15) is 9.59 Å². The van der Waals surface area contributed by atoms with Crippen LogP contribution in [-0.2, 0) is 9.59 Å². The zero-order valence-corrected chi connectivity index (χ0v) is 15.0. The molecule has 6 heteroatoms. The van der Waals surface area contributed by atoms with Gasteiger partial charge >= 0.3 is 0 Å². The van der Waals surface area contributed by atoms with E-state index in [-0.39, 0.29) is 24.4 Å². The highest BCUT2D eigenvalue weighted by molar-refractivity contribution is 6.30. The van der Waals surface area contributed by atoms with Gasteiger partial charge in [0.1, 0.15) is 6.04 Å². The zero-order valence-electron chi connectivity index (χ0n) is 14.3. The van der Waals surface area contributed by atoms with Crippen molar-refractivity contribution in [3.8, 4) is 0 Å². The van der Waals surface area contributed by atoms with E-state index in [1.165, 1.54) is 0 Å². The lowest BCUT2D eigenvalue weighted by molar-refractivity contribution is -0.128. The van der Waals surface area contributed by atoms with Crippen molar-refractivity contribution in [2.75, 3.05) is 13.6 Å². The first-order chi connectivity index (χ1) is 12.0. The van der Waals surface area contributed by atoms with Crippen LogP contribution in [0.15, 0.2) is 54.6 Å². The molecule has 2 aromatic carbocycles. The van der Waals surface area contributed by atoms with Crippen molar-refractivity contribution in [2.24, 2.45) is 0 Å². The molecule has 2 rings (SSSR count). The summed E-state index contributed by atoms with van der Waals surface area (Å²) in [6, 6.07) is 15.9. The topological polar surface area (TPSA) is 70.2 Å². The van der Waals surface area contributed by atoms with Gasteiger partial charge in [-0.25, -0.2) is 0 Å². The van der Waals surface area contributed by atoms with Gasteiger partial charge in [0.15, 0.2) is 0 Å². The fraction of sp³-hybridized carbons (Fsp3) is 0.263. The first kappa shape index (κ1) is 19.0. The van der Waals surface area contributed by atoms with Crippen LogP contribution in [0, 0.1) is 0 Å². The Morgan fingerprint density at radius 3 is 2.24 bits per heavy atom. The SMILES string of the molecule is CNC(=O)[C@@H](NC(=O)CN[C@H](C)c1ccc(Cl)cc1)c1ccccc1. The minimum absolute atomic E-state index is 0.0156. The molecule has 0 saturated heterocycles. The van der Waals surface area contributed by atoms with Gasteiger partial charge in [-0.3, -0.25) is 9.59 Å². The molecule has 25 heavy (non-hydrogen) atoms. The Morgan fingerprint density at radius 2 is 1.64 bits per heavy atom. The van der Waals surface area contributed by atoms with Crippen LogP contribution in [0.5, 0.6) is 0 Å². The lowest BCUT2D eigenvalue weighted by Gasteiger charge is -2.19. The number of carbonyl (C=O) groups excluding carboxylic acids is 2. The predicted octanol–water partition coefficient (Wildman–Crippen LogP) is 2.59. The predicted molar refractivity (Wildman–Crippen MR) is 99.3 cm³/mol. The largest absolute Gasteiger partial charge is 0.357 e. The summed E-state index contributed by atoms with van der Waals surface area (Å²) < 4.78 is 0. The van der Waals surface area contributed by atoms with Gasteiger partial charge in [0, 0.05) is 18.1 Å². The van der Waals surface area contributed by atoms with Crippen LogP contribution in [0.25, 0.3) is 0 Å². The Kier molecular flexibility index (Phi) is 6.98. The second-order valence-corrected chi connectivity index (χ2v) is 6.12. The third-order valence-electron chi connectivity index (χ3n) is 3.89. The van der Waals surface area contributed by atoms with Crippen LogP contribution < -0.4 is 16.0 Å². The molecule has 2 aromatic rings. The molecule has 0 bridgehead atoms. The Labute approximate surface area is 152 Å². The molecule has 2 atom stereocenters. The Balaban J connectivity index is 1.95. The van der Waals surface area contributed by atoms with Crippen molar-refractivity contribution in [3.63, 3.8) is 0 Å². The average Bonchev–Trinajstić information content (AvgIpc) is 2.64. The monoisotopic (exact) mass is 359 g/mol. The molecule has 0 fully saturated rings. The van der Waals surface area contributed by atoms with Gasteiger partial charge in [0.25, 0.3) is 0 Å². The van der Waals surface area contributed by atoms with E-state index in [0.717, 1.165) is 11.1 Å². The molecule has 0 unspecified atom stereocenters. The maximum atomic E-state index is 12.3. The fourth-order valence-corrected chi connectivity index (χ4v) is 2.54. The number of benzene rings is 2. The summed E-state index contributed by atoms with van der Waals surface area (Å²) in [6.45, 7) is 2.06. The van der Waals surface area contributed by atoms with Crippen molar-refractivity contribution < 1.29 is 9.59 Å². The number of likely N-dealkylation sites (N-methyl/N-ethyl adjacent to an activating group) is 1. The third-order valence-corrected chi connectivity index (χ3v) is 4.14. The molecule has 0 aromatic heterocycles. The van der Waals surface area contributed by atoms with Crippen molar-refractivity contribution in [1.82, 2.24) is 16.0 Å². The molecule has 0 radical (unpaired) electrons. The lowest BCUT2D eigenvalue weighted by atomic mass is 10.1. The number of carbonyl (C=O) groups is 2. The smallest absolute Gasteiger partial charge is 0.246 e. The van der Waals surface area contributed by atoms with Gasteiger partial charge in [-0.15, -0.1) is 0 Å². The van der Waals surface area contributed by atoms with Gasteiger partial charge in [-0.2, -0.15) is 0 Å². The summed E-state index contributed by atoms with van der Waals surface area (Å²) >= 11 is 5.88. The van der Waals surface area contributed by atoms with E-state index in [2.05, 4.69) is 16.0 Å². The fourth-order valence-electron chi connectivity index (χ4n) is 2.42.